The van der Waals surface area contributed by atoms with Gasteiger partial charge in [-0.05, 0) is 57.5 Å². The summed E-state index contributed by atoms with van der Waals surface area (Å²) in [5.74, 6) is -0.753. The van der Waals surface area contributed by atoms with Gasteiger partial charge in [0.1, 0.15) is 43.6 Å². The van der Waals surface area contributed by atoms with Gasteiger partial charge in [0.25, 0.3) is 0 Å². The van der Waals surface area contributed by atoms with Crippen LogP contribution in [0.2, 0.25) is 0 Å². The fourth-order valence-electron chi connectivity index (χ4n) is 6.29. The van der Waals surface area contributed by atoms with Crippen molar-refractivity contribution in [2.75, 3.05) is 119 Å². The molecule has 21 nitrogen and oxygen atoms in total. The fraction of sp³-hybridized carbons (Fsp3) is 0.447. The van der Waals surface area contributed by atoms with Gasteiger partial charge in [-0.2, -0.15) is 0 Å². The molecule has 0 aromatic carbocycles. The molecule has 0 unspecified atom stereocenters. The van der Waals surface area contributed by atoms with Crippen molar-refractivity contribution in [3.8, 4) is 0 Å². The van der Waals surface area contributed by atoms with Crippen LogP contribution in [0.3, 0.4) is 0 Å². The Kier molecular flexibility index (Phi) is 17.4. The zero-order valence-corrected chi connectivity index (χ0v) is 33.5. The zero-order chi connectivity index (χ0) is 42.5. The summed E-state index contributed by atoms with van der Waals surface area (Å²) in [5.41, 5.74) is 1.72. The van der Waals surface area contributed by atoms with E-state index >= 15 is 0 Å². The summed E-state index contributed by atoms with van der Waals surface area (Å²) in [5, 5.41) is 20.9. The molecule has 320 valence electrons. The number of methoxy groups -OCH3 is 2. The number of amides is 3. The number of aromatic nitrogens is 3. The molecule has 21 heteroatoms. The van der Waals surface area contributed by atoms with Crippen molar-refractivity contribution in [3.63, 3.8) is 0 Å². The van der Waals surface area contributed by atoms with Crippen LogP contribution in [0, 0.1) is 0 Å². The van der Waals surface area contributed by atoms with Gasteiger partial charge in [-0.3, -0.25) is 43.5 Å². The maximum Gasteiger partial charge on any atom is 0.325 e. The number of hydrogen-bond donors (Lipinski definition) is 5. The van der Waals surface area contributed by atoms with Crippen molar-refractivity contribution in [2.24, 2.45) is 0 Å². The standard InChI is InChI=1S/C13H18N4O3.2C12H16N4O3.CH4/c1-14-9-7-16(2)12-10(5-4-6-15-12)17(13(9)19)8-11(18)20-3;1-13-8-6-15-11-9(4-3-5-14-11)16(12(8)18)7-10(17)19-2;1-13-8-6-15(2)11-9(4-3-5-14-11)16(12(8)19)7-10(17)18;/h4-6,9,14H,7-8H2,1-3H3;3-5,8,13H,6-7H2,1-2H3,(H,14,15);3-5,8,13H,6-7H2,1-2H3,(H,17,18);1H4/t9-;2*8-;/m000./s1. The van der Waals surface area contributed by atoms with Crippen LogP contribution in [0.4, 0.5) is 34.5 Å². The third kappa shape index (κ3) is 11.4. The van der Waals surface area contributed by atoms with Crippen LogP contribution in [-0.4, -0.2) is 163 Å². The van der Waals surface area contributed by atoms with Crippen LogP contribution in [0.25, 0.3) is 0 Å². The Morgan fingerprint density at radius 1 is 0.678 bits per heavy atom. The normalized spacial score (nSPS) is 18.3. The highest BCUT2D eigenvalue weighted by molar-refractivity contribution is 6.06. The molecule has 0 fully saturated rings. The molecule has 0 saturated carbocycles. The molecule has 0 saturated heterocycles. The molecular formula is C38H54N12O9. The second-order valence-corrected chi connectivity index (χ2v) is 13.0. The number of likely N-dealkylation sites (N-methyl/N-ethyl adjacent to an activating group) is 5. The number of aliphatic carboxylic acids is 1. The minimum Gasteiger partial charge on any atom is -0.480 e. The lowest BCUT2D eigenvalue weighted by molar-refractivity contribution is -0.140. The Hall–Kier alpha value is -6.45. The highest BCUT2D eigenvalue weighted by Crippen LogP contribution is 2.31. The molecule has 0 bridgehead atoms. The van der Waals surface area contributed by atoms with Crippen molar-refractivity contribution >= 4 is 70.1 Å². The number of anilines is 6. The molecule has 3 aromatic heterocycles. The average Bonchev–Trinajstić information content (AvgIpc) is 3.48. The molecule has 0 spiro atoms. The van der Waals surface area contributed by atoms with Crippen molar-refractivity contribution in [3.05, 3.63) is 55.0 Å². The molecule has 0 radical (unpaired) electrons. The number of carbonyl (C=O) groups excluding carboxylic acids is 5. The molecule has 3 aliphatic rings. The third-order valence-corrected chi connectivity index (χ3v) is 9.36. The van der Waals surface area contributed by atoms with E-state index in [-0.39, 0.29) is 44.8 Å². The predicted molar refractivity (Wildman–Crippen MR) is 222 cm³/mol. The van der Waals surface area contributed by atoms with Gasteiger partial charge >= 0.3 is 17.9 Å². The van der Waals surface area contributed by atoms with Crippen molar-refractivity contribution in [1.82, 2.24) is 30.9 Å². The summed E-state index contributed by atoms with van der Waals surface area (Å²) in [6, 6.07) is 9.09. The molecule has 0 aliphatic carbocycles. The van der Waals surface area contributed by atoms with E-state index in [0.29, 0.717) is 54.2 Å². The number of nitrogens with zero attached hydrogens (tertiary/aromatic N) is 8. The zero-order valence-electron chi connectivity index (χ0n) is 33.5. The van der Waals surface area contributed by atoms with E-state index in [1.165, 1.54) is 28.9 Å². The van der Waals surface area contributed by atoms with Gasteiger partial charge in [0.2, 0.25) is 17.7 Å². The van der Waals surface area contributed by atoms with Crippen LogP contribution in [0.5, 0.6) is 0 Å². The lowest BCUT2D eigenvalue weighted by atomic mass is 10.2. The minimum absolute atomic E-state index is 0. The molecule has 3 aromatic rings. The number of carboxylic acids is 1. The molecule has 3 atom stereocenters. The lowest BCUT2D eigenvalue weighted by Crippen LogP contribution is -2.49. The largest absolute Gasteiger partial charge is 0.480 e. The van der Waals surface area contributed by atoms with Gasteiger partial charge in [-0.1, -0.05) is 7.43 Å². The summed E-state index contributed by atoms with van der Waals surface area (Å²) in [6.07, 6.45) is 4.92. The van der Waals surface area contributed by atoms with E-state index in [0.717, 1.165) is 0 Å². The van der Waals surface area contributed by atoms with Crippen LogP contribution in [0.15, 0.2) is 55.0 Å². The number of nitrogens with one attached hydrogen (secondary N) is 4. The monoisotopic (exact) mass is 822 g/mol. The second kappa shape index (κ2) is 21.9. The number of hydrogen-bond acceptors (Lipinski definition) is 17. The number of carboxylic acid groups (broad SMARTS) is 1. The number of esters is 2. The average molecular weight is 823 g/mol. The number of pyridine rings is 3. The van der Waals surface area contributed by atoms with Crippen molar-refractivity contribution < 1.29 is 43.3 Å². The summed E-state index contributed by atoms with van der Waals surface area (Å²) in [4.78, 5) is 91.8. The third-order valence-electron chi connectivity index (χ3n) is 9.36. The summed E-state index contributed by atoms with van der Waals surface area (Å²) in [6.45, 7) is 0.709. The van der Waals surface area contributed by atoms with Gasteiger partial charge in [-0.25, -0.2) is 15.0 Å². The Morgan fingerprint density at radius 2 is 1.07 bits per heavy atom. The first kappa shape index (κ1) is 46.9. The van der Waals surface area contributed by atoms with E-state index in [1.54, 1.807) is 76.1 Å². The summed E-state index contributed by atoms with van der Waals surface area (Å²) in [7, 11) is 11.4. The number of carbonyl (C=O) groups is 6. The Labute approximate surface area is 343 Å². The summed E-state index contributed by atoms with van der Waals surface area (Å²) < 4.78 is 9.30. The van der Waals surface area contributed by atoms with E-state index < -0.39 is 36.0 Å². The number of fused-ring (bicyclic) bond motifs is 3. The van der Waals surface area contributed by atoms with E-state index in [9.17, 15) is 28.8 Å². The van der Waals surface area contributed by atoms with Crippen LogP contribution >= 0.6 is 0 Å². The van der Waals surface area contributed by atoms with Gasteiger partial charge in [-0.15, -0.1) is 0 Å². The second-order valence-electron chi connectivity index (χ2n) is 13.0. The Morgan fingerprint density at radius 3 is 1.49 bits per heavy atom. The highest BCUT2D eigenvalue weighted by atomic mass is 16.5. The maximum atomic E-state index is 12.5. The van der Waals surface area contributed by atoms with Crippen LogP contribution in [-0.2, 0) is 38.2 Å². The first-order valence-corrected chi connectivity index (χ1v) is 18.1. The van der Waals surface area contributed by atoms with E-state index in [4.69, 9.17) is 5.11 Å². The molecule has 59 heavy (non-hydrogen) atoms. The van der Waals surface area contributed by atoms with E-state index in [1.807, 2.05) is 23.9 Å². The lowest BCUT2D eigenvalue weighted by Gasteiger charge is -2.23. The number of ether oxygens (including phenoxy) is 2. The predicted octanol–water partition coefficient (Wildman–Crippen LogP) is -0.600. The first-order chi connectivity index (χ1) is 27.8. The topological polar surface area (TPSA) is 244 Å². The molecule has 6 rings (SSSR count). The smallest absolute Gasteiger partial charge is 0.325 e. The van der Waals surface area contributed by atoms with Gasteiger partial charge in [0, 0.05) is 52.3 Å². The molecule has 6 heterocycles. The van der Waals surface area contributed by atoms with Crippen molar-refractivity contribution in [1.29, 1.82) is 0 Å². The van der Waals surface area contributed by atoms with Gasteiger partial charge in [0.15, 0.2) is 11.6 Å². The molecular weight excluding hydrogens is 768 g/mol. The first-order valence-electron chi connectivity index (χ1n) is 18.1. The summed E-state index contributed by atoms with van der Waals surface area (Å²) >= 11 is 0. The highest BCUT2D eigenvalue weighted by Gasteiger charge is 2.35. The quantitative estimate of drug-likeness (QED) is 0.169. The molecule has 3 aliphatic heterocycles. The van der Waals surface area contributed by atoms with Gasteiger partial charge in [0.05, 0.1) is 31.3 Å². The number of rotatable bonds is 9. The Balaban J connectivity index is 0.000000235. The maximum absolute atomic E-state index is 12.5. The molecule has 3 amide bonds. The fourth-order valence-corrected chi connectivity index (χ4v) is 6.29. The Bertz CT molecular complexity index is 1950. The van der Waals surface area contributed by atoms with Crippen molar-refractivity contribution in [2.45, 2.75) is 25.6 Å². The molecule has 5 N–H and O–H groups in total. The van der Waals surface area contributed by atoms with E-state index in [2.05, 4.69) is 45.7 Å². The van der Waals surface area contributed by atoms with Crippen LogP contribution in [0.1, 0.15) is 7.43 Å². The van der Waals surface area contributed by atoms with Crippen LogP contribution < -0.4 is 45.8 Å². The SMILES string of the molecule is C.CN[C@H]1CN(C)c2ncccc2N(CC(=O)O)C1=O.CN[C@H]1CN(C)c2ncccc2N(CC(=O)OC)C1=O.CN[C@H]1CNc2ncccc2N(CC(=O)OC)C1=O. The minimum atomic E-state index is -1.05. The van der Waals surface area contributed by atoms with Gasteiger partial charge < -0.3 is 45.6 Å².